The van der Waals surface area contributed by atoms with Gasteiger partial charge in [-0.05, 0) is 42.5 Å². The molecule has 0 saturated heterocycles. The van der Waals surface area contributed by atoms with Gasteiger partial charge in [0.25, 0.3) is 5.91 Å². The fraction of sp³-hybridized carbons (Fsp3) is 0.133. The van der Waals surface area contributed by atoms with Crippen LogP contribution in [0, 0.1) is 0 Å². The van der Waals surface area contributed by atoms with E-state index < -0.39 is 15.9 Å². The van der Waals surface area contributed by atoms with E-state index >= 15 is 0 Å². The second-order valence-electron chi connectivity index (χ2n) is 4.61. The zero-order chi connectivity index (χ0) is 17.0. The number of alkyl halides is 3. The maximum Gasteiger partial charge on any atom is 0.253 e. The van der Waals surface area contributed by atoms with Gasteiger partial charge in [-0.15, -0.1) is 0 Å². The molecule has 0 spiro atoms. The Morgan fingerprint density at radius 2 is 1.74 bits per heavy atom. The topological polar surface area (TPSA) is 41.1 Å². The first-order valence-corrected chi connectivity index (χ1v) is 8.71. The smallest absolute Gasteiger partial charge is 0.253 e. The minimum Gasteiger partial charge on any atom is -0.362 e. The summed E-state index contributed by atoms with van der Waals surface area (Å²) in [7, 11) is 0. The number of benzene rings is 2. The molecule has 2 N–H and O–H groups in total. The van der Waals surface area contributed by atoms with Crippen LogP contribution in [0.1, 0.15) is 10.4 Å². The minimum absolute atomic E-state index is 0.370. The van der Waals surface area contributed by atoms with Crippen molar-refractivity contribution >= 4 is 73.9 Å². The van der Waals surface area contributed by atoms with E-state index in [0.717, 1.165) is 4.47 Å². The number of amides is 1. The fourth-order valence-corrected chi connectivity index (χ4v) is 2.54. The number of hydrogen-bond acceptors (Lipinski definition) is 2. The third-order valence-electron chi connectivity index (χ3n) is 2.84. The first kappa shape index (κ1) is 18.7. The number of halogens is 5. The zero-order valence-electron chi connectivity index (χ0n) is 11.5. The molecule has 0 aliphatic rings. The molecule has 0 radical (unpaired) electrons. The van der Waals surface area contributed by atoms with E-state index in [-0.39, 0.29) is 0 Å². The number of hydrogen-bond donors (Lipinski definition) is 2. The lowest BCUT2D eigenvalue weighted by Gasteiger charge is -2.27. The highest BCUT2D eigenvalue weighted by atomic mass is 79.9. The maximum atomic E-state index is 12.3. The summed E-state index contributed by atoms with van der Waals surface area (Å²) in [6, 6.07) is 13.7. The molecule has 0 aliphatic heterocycles. The van der Waals surface area contributed by atoms with Crippen molar-refractivity contribution in [3.05, 3.63) is 63.6 Å². The van der Waals surface area contributed by atoms with E-state index in [1.807, 2.05) is 12.1 Å². The summed E-state index contributed by atoms with van der Waals surface area (Å²) in [5.74, 6) is -0.409. The standard InChI is InChI=1S/C15H11BrCl4N2O/c16-10-4-6-12(7-5-10)21-14(15(18,19)20)22-13(23)9-2-1-3-11(17)8-9/h1-8,14,21H,(H,22,23)/t14-/m1/s1. The van der Waals surface area contributed by atoms with Gasteiger partial charge in [-0.3, -0.25) is 4.79 Å². The largest absolute Gasteiger partial charge is 0.362 e. The highest BCUT2D eigenvalue weighted by molar-refractivity contribution is 9.10. The summed E-state index contributed by atoms with van der Waals surface area (Å²) < 4.78 is -0.835. The molecular formula is C15H11BrCl4N2O. The molecule has 0 unspecified atom stereocenters. The van der Waals surface area contributed by atoms with E-state index in [1.54, 1.807) is 30.3 Å². The quantitative estimate of drug-likeness (QED) is 0.461. The molecule has 0 bridgehead atoms. The van der Waals surface area contributed by atoms with E-state index in [1.165, 1.54) is 6.07 Å². The number of anilines is 1. The van der Waals surface area contributed by atoms with Gasteiger partial charge >= 0.3 is 0 Å². The van der Waals surface area contributed by atoms with Crippen LogP contribution in [0.3, 0.4) is 0 Å². The van der Waals surface area contributed by atoms with Gasteiger partial charge < -0.3 is 10.6 Å². The molecule has 0 fully saturated rings. The van der Waals surface area contributed by atoms with Crippen molar-refractivity contribution in [3.63, 3.8) is 0 Å². The summed E-state index contributed by atoms with van der Waals surface area (Å²) in [6.07, 6.45) is -0.930. The van der Waals surface area contributed by atoms with Crippen LogP contribution >= 0.6 is 62.3 Å². The van der Waals surface area contributed by atoms with E-state index in [0.29, 0.717) is 16.3 Å². The Hall–Kier alpha value is -0.650. The predicted octanol–water partition coefficient (Wildman–Crippen LogP) is 5.64. The summed E-state index contributed by atoms with van der Waals surface area (Å²) in [4.78, 5) is 12.3. The van der Waals surface area contributed by atoms with Gasteiger partial charge in [0.15, 0.2) is 0 Å². The van der Waals surface area contributed by atoms with Crippen molar-refractivity contribution in [2.24, 2.45) is 0 Å². The van der Waals surface area contributed by atoms with Crippen molar-refractivity contribution in [1.82, 2.24) is 5.32 Å². The van der Waals surface area contributed by atoms with Crippen LogP contribution in [-0.4, -0.2) is 15.9 Å². The Morgan fingerprint density at radius 1 is 1.09 bits per heavy atom. The van der Waals surface area contributed by atoms with Crippen molar-refractivity contribution in [3.8, 4) is 0 Å². The molecule has 0 heterocycles. The Kier molecular flexibility index (Phi) is 6.46. The lowest BCUT2D eigenvalue weighted by Crippen LogP contribution is -2.49. The fourth-order valence-electron chi connectivity index (χ4n) is 1.76. The van der Waals surface area contributed by atoms with Crippen molar-refractivity contribution in [2.45, 2.75) is 9.96 Å². The molecule has 1 atom stereocenters. The second kappa shape index (κ2) is 7.95. The lowest BCUT2D eigenvalue weighted by atomic mass is 10.2. The van der Waals surface area contributed by atoms with Crippen LogP contribution in [0.5, 0.6) is 0 Å². The molecule has 23 heavy (non-hydrogen) atoms. The molecule has 0 aromatic heterocycles. The highest BCUT2D eigenvalue weighted by Gasteiger charge is 2.34. The van der Waals surface area contributed by atoms with Gasteiger partial charge in [-0.25, -0.2) is 0 Å². The SMILES string of the molecule is O=C(N[C@@H](Nc1ccc(Br)cc1)C(Cl)(Cl)Cl)c1cccc(Cl)c1. The molecule has 1 amide bonds. The Balaban J connectivity index is 2.16. The number of carbonyl (C=O) groups excluding carboxylic acids is 1. The summed E-state index contributed by atoms with van der Waals surface area (Å²) in [5.41, 5.74) is 1.06. The molecule has 0 saturated carbocycles. The Morgan fingerprint density at radius 3 is 2.30 bits per heavy atom. The molecule has 3 nitrogen and oxygen atoms in total. The Bertz CT molecular complexity index is 689. The minimum atomic E-state index is -1.75. The van der Waals surface area contributed by atoms with Crippen LogP contribution < -0.4 is 10.6 Å². The highest BCUT2D eigenvalue weighted by Crippen LogP contribution is 2.31. The van der Waals surface area contributed by atoms with Gasteiger partial charge in [0.05, 0.1) is 0 Å². The van der Waals surface area contributed by atoms with Gasteiger partial charge in [0.1, 0.15) is 6.17 Å². The van der Waals surface area contributed by atoms with Crippen molar-refractivity contribution < 1.29 is 4.79 Å². The summed E-state index contributed by atoms with van der Waals surface area (Å²) >= 11 is 27.1. The Labute approximate surface area is 162 Å². The van der Waals surface area contributed by atoms with E-state index in [9.17, 15) is 4.79 Å². The van der Waals surface area contributed by atoms with Gasteiger partial charge in [-0.1, -0.05) is 68.4 Å². The second-order valence-corrected chi connectivity index (χ2v) is 8.33. The van der Waals surface area contributed by atoms with Gasteiger partial charge in [0, 0.05) is 20.7 Å². The zero-order valence-corrected chi connectivity index (χ0v) is 16.1. The molecule has 2 aromatic rings. The lowest BCUT2D eigenvalue weighted by molar-refractivity contribution is 0.0942. The van der Waals surface area contributed by atoms with E-state index in [4.69, 9.17) is 46.4 Å². The summed E-state index contributed by atoms with van der Waals surface area (Å²) in [6.45, 7) is 0. The average Bonchev–Trinajstić information content (AvgIpc) is 2.47. The number of nitrogens with one attached hydrogen (secondary N) is 2. The van der Waals surface area contributed by atoms with Gasteiger partial charge in [-0.2, -0.15) is 0 Å². The molecule has 122 valence electrons. The van der Waals surface area contributed by atoms with Crippen LogP contribution in [-0.2, 0) is 0 Å². The normalized spacial score (nSPS) is 12.6. The van der Waals surface area contributed by atoms with Crippen molar-refractivity contribution in [2.75, 3.05) is 5.32 Å². The van der Waals surface area contributed by atoms with Crippen LogP contribution in [0.25, 0.3) is 0 Å². The van der Waals surface area contributed by atoms with Crippen LogP contribution in [0.2, 0.25) is 5.02 Å². The third kappa shape index (κ3) is 5.73. The van der Waals surface area contributed by atoms with Crippen molar-refractivity contribution in [1.29, 1.82) is 0 Å². The molecule has 8 heteroatoms. The molecular weight excluding hydrogens is 446 g/mol. The maximum absolute atomic E-state index is 12.3. The molecule has 2 rings (SSSR count). The third-order valence-corrected chi connectivity index (χ3v) is 4.26. The first-order valence-electron chi connectivity index (χ1n) is 6.41. The van der Waals surface area contributed by atoms with Gasteiger partial charge in [0.2, 0.25) is 3.79 Å². The van der Waals surface area contributed by atoms with E-state index in [2.05, 4.69) is 26.6 Å². The number of carbonyl (C=O) groups is 1. The molecule has 2 aromatic carbocycles. The first-order chi connectivity index (χ1) is 10.8. The summed E-state index contributed by atoms with van der Waals surface area (Å²) in [5, 5.41) is 6.08. The average molecular weight is 457 g/mol. The van der Waals surface area contributed by atoms with Crippen LogP contribution in [0.15, 0.2) is 53.0 Å². The molecule has 0 aliphatic carbocycles. The number of rotatable bonds is 4. The predicted molar refractivity (Wildman–Crippen MR) is 101 cm³/mol. The van der Waals surface area contributed by atoms with Crippen LogP contribution in [0.4, 0.5) is 5.69 Å². The monoisotopic (exact) mass is 454 g/mol.